The number of hydrogen-bond donors (Lipinski definition) is 0. The summed E-state index contributed by atoms with van der Waals surface area (Å²) >= 11 is 5.72. The zero-order valence-corrected chi connectivity index (χ0v) is 13.9. The topological polar surface area (TPSA) is 46.6 Å². The average Bonchev–Trinajstić information content (AvgIpc) is 2.62. The summed E-state index contributed by atoms with van der Waals surface area (Å²) < 4.78 is 31.2. The van der Waals surface area contributed by atoms with Crippen molar-refractivity contribution in [2.24, 2.45) is 0 Å². The lowest BCUT2D eigenvalue weighted by Gasteiger charge is -2.29. The predicted octanol–water partition coefficient (Wildman–Crippen LogP) is 3.75. The molecule has 130 valence electrons. The molecule has 2 aromatic rings. The van der Waals surface area contributed by atoms with Crippen LogP contribution in [0.2, 0.25) is 5.02 Å². The second-order valence-electron chi connectivity index (χ2n) is 5.60. The molecule has 0 N–H and O–H groups in total. The molecule has 1 aliphatic rings. The van der Waals surface area contributed by atoms with E-state index in [4.69, 9.17) is 16.3 Å². The van der Waals surface area contributed by atoms with Crippen LogP contribution in [0.1, 0.15) is 22.3 Å². The third-order valence-corrected chi connectivity index (χ3v) is 4.28. The van der Waals surface area contributed by atoms with Gasteiger partial charge in [-0.05, 0) is 36.6 Å². The number of halogens is 3. The van der Waals surface area contributed by atoms with Crippen LogP contribution in [0, 0.1) is 11.6 Å². The van der Waals surface area contributed by atoms with E-state index in [1.807, 2.05) is 24.3 Å². The maximum atomic E-state index is 13.3. The number of aryl methyl sites for hydroxylation is 1. The Kier molecular flexibility index (Phi) is 4.99. The number of rotatable bonds is 3. The Bertz CT molecular complexity index is 841. The lowest BCUT2D eigenvalue weighted by Crippen LogP contribution is -2.38. The van der Waals surface area contributed by atoms with E-state index in [0.29, 0.717) is 18.7 Å². The third-order valence-electron chi connectivity index (χ3n) is 3.97. The Morgan fingerprint density at radius 3 is 2.68 bits per heavy atom. The van der Waals surface area contributed by atoms with Crippen molar-refractivity contribution in [2.75, 3.05) is 18.1 Å². The second-order valence-corrected chi connectivity index (χ2v) is 6.01. The first-order valence-electron chi connectivity index (χ1n) is 7.67. The first-order chi connectivity index (χ1) is 12.0. The van der Waals surface area contributed by atoms with Gasteiger partial charge in [-0.2, -0.15) is 0 Å². The van der Waals surface area contributed by atoms with Crippen LogP contribution < -0.4 is 4.90 Å². The zero-order chi connectivity index (χ0) is 18.0. The Labute approximate surface area is 148 Å². The molecule has 1 amide bonds. The van der Waals surface area contributed by atoms with Gasteiger partial charge in [0.2, 0.25) is 0 Å². The van der Waals surface area contributed by atoms with Gasteiger partial charge in [-0.15, -0.1) is 0 Å². The van der Waals surface area contributed by atoms with Crippen LogP contribution in [-0.2, 0) is 16.0 Å². The molecule has 1 aliphatic heterocycles. The minimum atomic E-state index is -1.22. The molecule has 1 heterocycles. The number of ether oxygens (including phenoxy) is 1. The summed E-state index contributed by atoms with van der Waals surface area (Å²) in [6.07, 6.45) is 1.69. The molecule has 0 saturated heterocycles. The van der Waals surface area contributed by atoms with Crippen LogP contribution >= 0.6 is 11.6 Å². The van der Waals surface area contributed by atoms with Crippen LogP contribution in [0.25, 0.3) is 0 Å². The van der Waals surface area contributed by atoms with E-state index in [1.165, 1.54) is 0 Å². The van der Waals surface area contributed by atoms with Gasteiger partial charge in [0.05, 0.1) is 10.6 Å². The van der Waals surface area contributed by atoms with Crippen molar-refractivity contribution in [2.45, 2.75) is 12.8 Å². The molecule has 0 unspecified atom stereocenters. The van der Waals surface area contributed by atoms with Gasteiger partial charge in [0, 0.05) is 12.2 Å². The van der Waals surface area contributed by atoms with E-state index < -0.39 is 24.2 Å². The smallest absolute Gasteiger partial charge is 0.340 e. The molecule has 7 heteroatoms. The Hall–Kier alpha value is -2.47. The summed E-state index contributed by atoms with van der Waals surface area (Å²) in [6, 6.07) is 8.86. The molecule has 2 aromatic carbocycles. The van der Waals surface area contributed by atoms with Crippen LogP contribution in [-0.4, -0.2) is 25.0 Å². The van der Waals surface area contributed by atoms with E-state index in [-0.39, 0.29) is 16.5 Å². The SMILES string of the molecule is O=C(OCC(=O)N1CCCc2ccccc21)c1cc(F)c(F)cc1Cl. The highest BCUT2D eigenvalue weighted by atomic mass is 35.5. The summed E-state index contributed by atoms with van der Waals surface area (Å²) in [5.41, 5.74) is 1.52. The quantitative estimate of drug-likeness (QED) is 0.614. The zero-order valence-electron chi connectivity index (χ0n) is 13.1. The van der Waals surface area contributed by atoms with Gasteiger partial charge in [-0.25, -0.2) is 13.6 Å². The van der Waals surface area contributed by atoms with Crippen molar-refractivity contribution in [3.63, 3.8) is 0 Å². The number of carbonyl (C=O) groups is 2. The molecule has 4 nitrogen and oxygen atoms in total. The molecule has 0 aliphatic carbocycles. The molecule has 3 rings (SSSR count). The Morgan fingerprint density at radius 1 is 1.16 bits per heavy atom. The minimum absolute atomic E-state index is 0.278. The predicted molar refractivity (Wildman–Crippen MR) is 88.8 cm³/mol. The number of amides is 1. The van der Waals surface area contributed by atoms with Gasteiger partial charge in [0.1, 0.15) is 0 Å². The Balaban J connectivity index is 1.69. The fourth-order valence-corrected chi connectivity index (χ4v) is 2.98. The molecule has 0 radical (unpaired) electrons. The number of hydrogen-bond acceptors (Lipinski definition) is 3. The Morgan fingerprint density at radius 2 is 1.88 bits per heavy atom. The highest BCUT2D eigenvalue weighted by Crippen LogP contribution is 2.27. The van der Waals surface area contributed by atoms with Crippen molar-refractivity contribution in [3.8, 4) is 0 Å². The van der Waals surface area contributed by atoms with Gasteiger partial charge in [0.15, 0.2) is 18.2 Å². The maximum Gasteiger partial charge on any atom is 0.340 e. The number of carbonyl (C=O) groups excluding carboxylic acids is 2. The highest BCUT2D eigenvalue weighted by molar-refractivity contribution is 6.33. The maximum absolute atomic E-state index is 13.3. The lowest BCUT2D eigenvalue weighted by atomic mass is 10.0. The largest absolute Gasteiger partial charge is 0.452 e. The molecular formula is C18H14ClF2NO3. The van der Waals surface area contributed by atoms with Crippen molar-refractivity contribution < 1.29 is 23.1 Å². The van der Waals surface area contributed by atoms with Gasteiger partial charge in [-0.3, -0.25) is 4.79 Å². The summed E-state index contributed by atoms with van der Waals surface area (Å²) in [4.78, 5) is 25.9. The van der Waals surface area contributed by atoms with E-state index in [2.05, 4.69) is 0 Å². The van der Waals surface area contributed by atoms with E-state index in [1.54, 1.807) is 4.90 Å². The van der Waals surface area contributed by atoms with Crippen LogP contribution in [0.3, 0.4) is 0 Å². The lowest BCUT2D eigenvalue weighted by molar-refractivity contribution is -0.121. The summed E-state index contributed by atoms with van der Waals surface area (Å²) in [7, 11) is 0. The molecule has 0 bridgehead atoms. The van der Waals surface area contributed by atoms with Crippen molar-refractivity contribution in [3.05, 3.63) is 64.2 Å². The minimum Gasteiger partial charge on any atom is -0.452 e. The number of nitrogens with zero attached hydrogens (tertiary/aromatic N) is 1. The molecule has 25 heavy (non-hydrogen) atoms. The van der Waals surface area contributed by atoms with E-state index >= 15 is 0 Å². The molecule has 0 aromatic heterocycles. The van der Waals surface area contributed by atoms with Crippen LogP contribution in [0.4, 0.5) is 14.5 Å². The van der Waals surface area contributed by atoms with Gasteiger partial charge < -0.3 is 9.64 Å². The average molecular weight is 366 g/mol. The number of anilines is 1. The summed E-state index contributed by atoms with van der Waals surface area (Å²) in [6.45, 7) is 0.0157. The van der Waals surface area contributed by atoms with Crippen LogP contribution in [0.5, 0.6) is 0 Å². The van der Waals surface area contributed by atoms with E-state index in [9.17, 15) is 18.4 Å². The van der Waals surface area contributed by atoms with Crippen molar-refractivity contribution in [1.29, 1.82) is 0 Å². The summed E-state index contributed by atoms with van der Waals surface area (Å²) in [5.74, 6) is -3.75. The van der Waals surface area contributed by atoms with E-state index in [0.717, 1.165) is 24.1 Å². The molecule has 0 fully saturated rings. The fourth-order valence-electron chi connectivity index (χ4n) is 2.75. The molecule has 0 spiro atoms. The van der Waals surface area contributed by atoms with Gasteiger partial charge in [0.25, 0.3) is 5.91 Å². The first kappa shape index (κ1) is 17.4. The monoisotopic (exact) mass is 365 g/mol. The second kappa shape index (κ2) is 7.19. The first-order valence-corrected chi connectivity index (χ1v) is 8.05. The third kappa shape index (κ3) is 3.64. The molecular weight excluding hydrogens is 352 g/mol. The molecule has 0 atom stereocenters. The summed E-state index contributed by atoms with van der Waals surface area (Å²) in [5, 5.41) is -0.278. The number of fused-ring (bicyclic) bond motifs is 1. The van der Waals surface area contributed by atoms with Crippen LogP contribution in [0.15, 0.2) is 36.4 Å². The van der Waals surface area contributed by atoms with Gasteiger partial charge in [-0.1, -0.05) is 29.8 Å². The van der Waals surface area contributed by atoms with Gasteiger partial charge >= 0.3 is 5.97 Å². The highest BCUT2D eigenvalue weighted by Gasteiger charge is 2.24. The molecule has 0 saturated carbocycles. The fraction of sp³-hybridized carbons (Fsp3) is 0.222. The number of esters is 1. The van der Waals surface area contributed by atoms with Crippen molar-refractivity contribution >= 4 is 29.2 Å². The number of benzene rings is 2. The standard InChI is InChI=1S/C18H14ClF2NO3/c19-13-9-15(21)14(20)8-12(13)18(24)25-10-17(23)22-7-3-5-11-4-1-2-6-16(11)22/h1-2,4,6,8-9H,3,5,7,10H2. The normalized spacial score (nSPS) is 13.3. The number of para-hydroxylation sites is 1. The van der Waals surface area contributed by atoms with Crippen molar-refractivity contribution in [1.82, 2.24) is 0 Å².